The van der Waals surface area contributed by atoms with Gasteiger partial charge in [-0.15, -0.1) is 0 Å². The summed E-state index contributed by atoms with van der Waals surface area (Å²) in [5, 5.41) is 3.76. The van der Waals surface area contributed by atoms with Crippen LogP contribution in [-0.4, -0.2) is 25.2 Å². The fourth-order valence-electron chi connectivity index (χ4n) is 3.55. The van der Waals surface area contributed by atoms with Crippen LogP contribution in [0.4, 0.5) is 0 Å². The molecule has 0 saturated heterocycles. The Balaban J connectivity index is 1.31. The molecule has 1 atom stereocenters. The summed E-state index contributed by atoms with van der Waals surface area (Å²) in [4.78, 5) is 13.0. The lowest BCUT2D eigenvalue weighted by atomic mass is 10.1. The van der Waals surface area contributed by atoms with Crippen molar-refractivity contribution in [3.05, 3.63) is 90.2 Å². The highest BCUT2D eigenvalue weighted by molar-refractivity contribution is 5.99. The van der Waals surface area contributed by atoms with Crippen molar-refractivity contribution >= 4 is 16.9 Å². The minimum Gasteiger partial charge on any atom is -0.489 e. The summed E-state index contributed by atoms with van der Waals surface area (Å²) in [5.41, 5.74) is 1.36. The van der Waals surface area contributed by atoms with Gasteiger partial charge in [0, 0.05) is 10.9 Å². The van der Waals surface area contributed by atoms with Gasteiger partial charge in [-0.3, -0.25) is 4.79 Å². The number of hydrogen-bond donors (Lipinski definition) is 1. The highest BCUT2D eigenvalue weighted by atomic mass is 16.6. The zero-order chi connectivity index (χ0) is 21.0. The number of hydrogen-bond acceptors (Lipinski definition) is 5. The third kappa shape index (κ3) is 4.05. The number of para-hydroxylation sites is 4. The Labute approximate surface area is 179 Å². The molecule has 6 nitrogen and oxygen atoms in total. The van der Waals surface area contributed by atoms with E-state index in [-0.39, 0.29) is 24.4 Å². The lowest BCUT2D eigenvalue weighted by Crippen LogP contribution is -2.40. The minimum atomic E-state index is -0.315. The normalized spacial score (nSPS) is 14.9. The third-order valence-electron chi connectivity index (χ3n) is 5.09. The van der Waals surface area contributed by atoms with Crippen molar-refractivity contribution in [3.8, 4) is 17.2 Å². The maximum atomic E-state index is 13.0. The highest BCUT2D eigenvalue weighted by Gasteiger charge is 2.24. The lowest BCUT2D eigenvalue weighted by molar-refractivity contribution is 0.0772. The van der Waals surface area contributed by atoms with E-state index in [0.29, 0.717) is 35.8 Å². The van der Waals surface area contributed by atoms with Crippen LogP contribution in [0.1, 0.15) is 16.1 Å². The first-order valence-electron chi connectivity index (χ1n) is 10.1. The number of nitrogens with one attached hydrogen (secondary N) is 1. The largest absolute Gasteiger partial charge is 0.489 e. The molecule has 1 aliphatic rings. The molecular formula is C25H21NO5. The molecule has 0 radical (unpaired) electrons. The second-order valence-electron chi connectivity index (χ2n) is 7.22. The average molecular weight is 415 g/mol. The topological polar surface area (TPSA) is 69.9 Å². The van der Waals surface area contributed by atoms with Crippen LogP contribution in [0.25, 0.3) is 11.0 Å². The van der Waals surface area contributed by atoms with Gasteiger partial charge in [-0.25, -0.2) is 0 Å². The molecule has 0 bridgehead atoms. The number of carbonyl (C=O) groups is 1. The van der Waals surface area contributed by atoms with Gasteiger partial charge in [-0.2, -0.15) is 0 Å². The lowest BCUT2D eigenvalue weighted by Gasteiger charge is -2.26. The summed E-state index contributed by atoms with van der Waals surface area (Å²) in [6.07, 6.45) is -0.285. The standard InChI is InChI=1S/C25H21NO5/c27-25(26-14-18-15-29-22-12-6-7-13-23(22)30-18)24-20(16-28-17-8-2-1-3-9-17)19-10-4-5-11-21(19)31-24/h1-13,18H,14-16H2,(H,26,27)/t18-/m1/s1. The van der Waals surface area contributed by atoms with Crippen LogP contribution in [0.3, 0.4) is 0 Å². The van der Waals surface area contributed by atoms with Gasteiger partial charge in [0.15, 0.2) is 17.3 Å². The molecule has 1 N–H and O–H groups in total. The molecule has 0 aliphatic carbocycles. The summed E-state index contributed by atoms with van der Waals surface area (Å²) in [6.45, 7) is 0.880. The van der Waals surface area contributed by atoms with Crippen LogP contribution in [0.15, 0.2) is 83.3 Å². The summed E-state index contributed by atoms with van der Waals surface area (Å²) < 4.78 is 23.4. The number of rotatable bonds is 6. The minimum absolute atomic E-state index is 0.222. The first kappa shape index (κ1) is 19.1. The van der Waals surface area contributed by atoms with E-state index in [1.807, 2.05) is 78.9 Å². The summed E-state index contributed by atoms with van der Waals surface area (Å²) >= 11 is 0. The van der Waals surface area contributed by atoms with Crippen molar-refractivity contribution in [1.29, 1.82) is 0 Å². The Hall–Kier alpha value is -3.93. The van der Waals surface area contributed by atoms with Crippen LogP contribution >= 0.6 is 0 Å². The maximum absolute atomic E-state index is 13.0. The molecule has 156 valence electrons. The Morgan fingerprint density at radius 2 is 1.68 bits per heavy atom. The second-order valence-corrected chi connectivity index (χ2v) is 7.22. The molecule has 0 saturated carbocycles. The predicted molar refractivity (Wildman–Crippen MR) is 116 cm³/mol. The molecule has 2 heterocycles. The smallest absolute Gasteiger partial charge is 0.287 e. The van der Waals surface area contributed by atoms with E-state index in [2.05, 4.69) is 5.32 Å². The van der Waals surface area contributed by atoms with Gasteiger partial charge in [0.1, 0.15) is 30.7 Å². The van der Waals surface area contributed by atoms with Crippen molar-refractivity contribution in [2.24, 2.45) is 0 Å². The van der Waals surface area contributed by atoms with E-state index >= 15 is 0 Å². The van der Waals surface area contributed by atoms with Gasteiger partial charge in [-0.1, -0.05) is 48.5 Å². The molecule has 3 aromatic carbocycles. The molecule has 0 spiro atoms. The van der Waals surface area contributed by atoms with Crippen molar-refractivity contribution in [2.45, 2.75) is 12.7 Å². The fraction of sp³-hybridized carbons (Fsp3) is 0.160. The van der Waals surface area contributed by atoms with E-state index in [9.17, 15) is 4.79 Å². The Morgan fingerprint density at radius 1 is 0.935 bits per heavy atom. The molecule has 1 amide bonds. The van der Waals surface area contributed by atoms with E-state index in [0.717, 1.165) is 11.1 Å². The number of ether oxygens (including phenoxy) is 3. The van der Waals surface area contributed by atoms with Gasteiger partial charge in [0.2, 0.25) is 0 Å². The van der Waals surface area contributed by atoms with Crippen molar-refractivity contribution in [3.63, 3.8) is 0 Å². The van der Waals surface area contributed by atoms with Crippen LogP contribution in [-0.2, 0) is 6.61 Å². The molecule has 31 heavy (non-hydrogen) atoms. The molecule has 0 unspecified atom stereocenters. The molecule has 0 fully saturated rings. The van der Waals surface area contributed by atoms with Crippen LogP contribution in [0.2, 0.25) is 0 Å². The third-order valence-corrected chi connectivity index (χ3v) is 5.09. The van der Waals surface area contributed by atoms with Crippen molar-refractivity contribution in [1.82, 2.24) is 5.32 Å². The highest BCUT2D eigenvalue weighted by Crippen LogP contribution is 2.31. The number of fused-ring (bicyclic) bond motifs is 2. The van der Waals surface area contributed by atoms with E-state index in [1.165, 1.54) is 0 Å². The fourth-order valence-corrected chi connectivity index (χ4v) is 3.55. The number of amides is 1. The Kier molecular flexibility index (Phi) is 5.19. The molecule has 5 rings (SSSR count). The second kappa shape index (κ2) is 8.44. The molecular weight excluding hydrogens is 394 g/mol. The zero-order valence-corrected chi connectivity index (χ0v) is 16.7. The van der Waals surface area contributed by atoms with Crippen LogP contribution in [0, 0.1) is 0 Å². The first-order chi connectivity index (χ1) is 15.3. The molecule has 1 aliphatic heterocycles. The van der Waals surface area contributed by atoms with Gasteiger partial charge < -0.3 is 23.9 Å². The Morgan fingerprint density at radius 3 is 2.55 bits per heavy atom. The van der Waals surface area contributed by atoms with E-state index in [1.54, 1.807) is 0 Å². The van der Waals surface area contributed by atoms with Gasteiger partial charge in [0.25, 0.3) is 5.91 Å². The monoisotopic (exact) mass is 415 g/mol. The van der Waals surface area contributed by atoms with Gasteiger partial charge >= 0.3 is 0 Å². The van der Waals surface area contributed by atoms with Crippen molar-refractivity contribution in [2.75, 3.05) is 13.2 Å². The maximum Gasteiger partial charge on any atom is 0.287 e. The number of furan rings is 1. The molecule has 4 aromatic rings. The summed E-state index contributed by atoms with van der Waals surface area (Å²) in [6, 6.07) is 24.5. The first-order valence-corrected chi connectivity index (χ1v) is 10.1. The zero-order valence-electron chi connectivity index (χ0n) is 16.7. The summed E-state index contributed by atoms with van der Waals surface area (Å²) in [5.74, 6) is 2.04. The van der Waals surface area contributed by atoms with Gasteiger partial charge in [0.05, 0.1) is 6.54 Å². The van der Waals surface area contributed by atoms with Crippen LogP contribution < -0.4 is 19.5 Å². The van der Waals surface area contributed by atoms with Crippen molar-refractivity contribution < 1.29 is 23.4 Å². The SMILES string of the molecule is O=C(NC[C@@H]1COc2ccccc2O1)c1oc2ccccc2c1COc1ccccc1. The number of benzene rings is 3. The van der Waals surface area contributed by atoms with E-state index < -0.39 is 0 Å². The molecule has 6 heteroatoms. The quantitative estimate of drug-likeness (QED) is 0.499. The molecule has 1 aromatic heterocycles. The number of carbonyl (C=O) groups excluding carboxylic acids is 1. The van der Waals surface area contributed by atoms with Crippen LogP contribution in [0.5, 0.6) is 17.2 Å². The Bertz CT molecular complexity index is 1200. The summed E-state index contributed by atoms with van der Waals surface area (Å²) in [7, 11) is 0. The van der Waals surface area contributed by atoms with Gasteiger partial charge in [-0.05, 0) is 30.3 Å². The predicted octanol–water partition coefficient (Wildman–Crippen LogP) is 4.58. The van der Waals surface area contributed by atoms with E-state index in [4.69, 9.17) is 18.6 Å². The average Bonchev–Trinajstić information content (AvgIpc) is 3.20.